The molecule has 1 aliphatic heterocycles. The highest BCUT2D eigenvalue weighted by Crippen LogP contribution is 2.62. The van der Waals surface area contributed by atoms with Crippen LogP contribution in [0, 0.1) is 17.8 Å². The van der Waals surface area contributed by atoms with Crippen molar-refractivity contribution in [2.24, 2.45) is 22.9 Å². The highest BCUT2D eigenvalue weighted by atomic mass is 32.2. The first-order chi connectivity index (χ1) is 31.9. The average Bonchev–Trinajstić information content (AvgIpc) is 3.32. The number of nitrogens with zero attached hydrogens (tertiary/aromatic N) is 2. The number of aliphatic hydroxyl groups excluding tert-OH is 3. The van der Waals surface area contributed by atoms with Gasteiger partial charge in [0.1, 0.15) is 30.4 Å². The van der Waals surface area contributed by atoms with Crippen molar-refractivity contribution in [1.82, 2.24) is 4.90 Å². The van der Waals surface area contributed by atoms with Crippen LogP contribution in [0.5, 0.6) is 17.2 Å². The van der Waals surface area contributed by atoms with Crippen molar-refractivity contribution in [1.29, 1.82) is 0 Å². The van der Waals surface area contributed by atoms with E-state index >= 15 is 0 Å². The van der Waals surface area contributed by atoms with Crippen LogP contribution in [0.4, 0.5) is 4.79 Å². The Morgan fingerprint density at radius 3 is 2.23 bits per heavy atom. The van der Waals surface area contributed by atoms with E-state index < -0.39 is 23.8 Å². The van der Waals surface area contributed by atoms with Crippen molar-refractivity contribution in [2.75, 3.05) is 66.2 Å². The molecule has 1 fully saturated rings. The molecule has 5 rings (SSSR count). The van der Waals surface area contributed by atoms with E-state index in [0.717, 1.165) is 66.7 Å². The number of unbranched alkanes of at least 4 members (excludes halogenated alkanes) is 11. The van der Waals surface area contributed by atoms with Crippen LogP contribution in [0.25, 0.3) is 0 Å². The maximum atomic E-state index is 14.6. The van der Waals surface area contributed by atoms with E-state index in [9.17, 15) is 20.1 Å². The average molecular weight is 923 g/mol. The van der Waals surface area contributed by atoms with Crippen molar-refractivity contribution in [3.63, 3.8) is 0 Å². The Morgan fingerprint density at radius 2 is 1.57 bits per heavy atom. The molecule has 1 saturated carbocycles. The Bertz CT molecular complexity index is 1770. The number of oxime groups is 1. The fraction of sp³-hybridized carbons (Fsp3) is 0.654. The summed E-state index contributed by atoms with van der Waals surface area (Å²) in [6.07, 6.45) is 22.2. The fourth-order valence-electron chi connectivity index (χ4n) is 10.1. The predicted octanol–water partition coefficient (Wildman–Crippen LogP) is 10.8. The van der Waals surface area contributed by atoms with Crippen molar-refractivity contribution < 1.29 is 48.6 Å². The zero-order valence-electron chi connectivity index (χ0n) is 39.5. The molecule has 2 aliphatic carbocycles. The van der Waals surface area contributed by atoms with Gasteiger partial charge in [-0.25, -0.2) is 4.79 Å². The molecule has 1 heterocycles. The van der Waals surface area contributed by atoms with E-state index in [0.29, 0.717) is 30.1 Å². The molecular formula is C52H78N2O10S. The zero-order valence-corrected chi connectivity index (χ0v) is 40.3. The Labute approximate surface area is 393 Å². The van der Waals surface area contributed by atoms with Crippen LogP contribution in [0.2, 0.25) is 0 Å². The van der Waals surface area contributed by atoms with Gasteiger partial charge in [0, 0.05) is 42.6 Å². The van der Waals surface area contributed by atoms with E-state index in [2.05, 4.69) is 30.8 Å². The maximum absolute atomic E-state index is 14.6. The van der Waals surface area contributed by atoms with Crippen LogP contribution in [0.3, 0.4) is 0 Å². The third-order valence-corrected chi connectivity index (χ3v) is 13.9. The minimum Gasteiger partial charge on any atom is -0.459 e. The molecule has 0 spiro atoms. The van der Waals surface area contributed by atoms with Crippen LogP contribution >= 0.6 is 11.8 Å². The summed E-state index contributed by atoms with van der Waals surface area (Å²) in [5.41, 5.74) is 2.62. The number of allylic oxidation sites excluding steroid dienone is 1. The standard InChI is InChI=1S/C52H78N2O10S/c1-5-7-8-9-10-11-12-13-14-19-33-61-51(58)54(28-34-60-35-31-57)48-38-46(53-59-3)44-36-39(20-15-17-29-55)43(21-16-18-30-56)49-45-37-41(63-40-22-25-42(65-4)26-23-40)24-27-47(45)64-52(48,50(44)49)62-32-6-2/h6,22-27,36-37,39,43,48-50,55-57H,2,5,7-21,28-35,38H2,1,3-4H3. The van der Waals surface area contributed by atoms with Crippen LogP contribution < -0.4 is 9.47 Å². The van der Waals surface area contributed by atoms with Gasteiger partial charge in [-0.1, -0.05) is 94.9 Å². The Balaban J connectivity index is 1.57. The minimum absolute atomic E-state index is 0.0617. The number of ether oxygens (including phenoxy) is 5. The van der Waals surface area contributed by atoms with Gasteiger partial charge in [-0.15, -0.1) is 18.3 Å². The van der Waals surface area contributed by atoms with Gasteiger partial charge >= 0.3 is 6.09 Å². The Kier molecular flexibility index (Phi) is 23.0. The van der Waals surface area contributed by atoms with Crippen molar-refractivity contribution in [2.45, 2.75) is 139 Å². The lowest BCUT2D eigenvalue weighted by atomic mass is 9.55. The van der Waals surface area contributed by atoms with Gasteiger partial charge in [-0.05, 0) is 98.2 Å². The lowest BCUT2D eigenvalue weighted by Crippen LogP contribution is -2.70. The van der Waals surface area contributed by atoms with E-state index in [1.54, 1.807) is 29.8 Å². The molecule has 0 radical (unpaired) electrons. The smallest absolute Gasteiger partial charge is 0.410 e. The molecule has 0 aromatic heterocycles. The van der Waals surface area contributed by atoms with Gasteiger partial charge in [0.15, 0.2) is 0 Å². The van der Waals surface area contributed by atoms with E-state index in [-0.39, 0.29) is 77.0 Å². The van der Waals surface area contributed by atoms with Crippen LogP contribution in [0.15, 0.2) is 76.8 Å². The van der Waals surface area contributed by atoms with Crippen molar-refractivity contribution >= 4 is 23.6 Å². The van der Waals surface area contributed by atoms with E-state index in [4.69, 9.17) is 28.5 Å². The first-order valence-corrected chi connectivity index (χ1v) is 25.7. The molecule has 65 heavy (non-hydrogen) atoms. The summed E-state index contributed by atoms with van der Waals surface area (Å²) in [6.45, 7) is 7.20. The predicted molar refractivity (Wildman–Crippen MR) is 258 cm³/mol. The summed E-state index contributed by atoms with van der Waals surface area (Å²) in [7, 11) is 1.54. The molecule has 0 saturated heterocycles. The molecule has 2 aromatic rings. The lowest BCUT2D eigenvalue weighted by molar-refractivity contribution is -0.256. The Morgan fingerprint density at radius 1 is 0.877 bits per heavy atom. The molecular weight excluding hydrogens is 845 g/mol. The summed E-state index contributed by atoms with van der Waals surface area (Å²) in [5.74, 6) is 0.0708. The number of fused-ring (bicyclic) bond motifs is 2. The number of hydrogen-bond acceptors (Lipinski definition) is 12. The molecule has 3 N–H and O–H groups in total. The Hall–Kier alpha value is -3.59. The van der Waals surface area contributed by atoms with Crippen LogP contribution in [-0.4, -0.2) is 110 Å². The van der Waals surface area contributed by atoms with Crippen LogP contribution in [-0.2, 0) is 19.0 Å². The summed E-state index contributed by atoms with van der Waals surface area (Å²) in [5, 5.41) is 34.1. The highest BCUT2D eigenvalue weighted by molar-refractivity contribution is 7.98. The van der Waals surface area contributed by atoms with Crippen molar-refractivity contribution in [3.8, 4) is 17.2 Å². The SMILES string of the molecule is C=CCOC12Oc3ccc(Oc4ccc(SC)cc4)cc3C3C(CCCCO)C(CCCCO)C=C(C(=NOC)CC1N(CCOCCO)C(=O)OCCCCCCCCCCCC)C32. The number of hydrogen-bond donors (Lipinski definition) is 3. The highest BCUT2D eigenvalue weighted by Gasteiger charge is 2.65. The molecule has 2 aromatic carbocycles. The molecule has 12 nitrogen and oxygen atoms in total. The first-order valence-electron chi connectivity index (χ1n) is 24.4. The minimum atomic E-state index is -1.43. The van der Waals surface area contributed by atoms with Crippen LogP contribution in [0.1, 0.15) is 128 Å². The van der Waals surface area contributed by atoms with Gasteiger partial charge < -0.3 is 43.8 Å². The van der Waals surface area contributed by atoms with Gasteiger partial charge in [0.25, 0.3) is 0 Å². The van der Waals surface area contributed by atoms with Gasteiger partial charge in [0.2, 0.25) is 5.79 Å². The second kappa shape index (κ2) is 28.6. The number of thioether (sulfide) groups is 1. The van der Waals surface area contributed by atoms with Gasteiger partial charge in [-0.3, -0.25) is 4.90 Å². The molecule has 0 bridgehead atoms. The third kappa shape index (κ3) is 14.5. The molecule has 13 heteroatoms. The molecule has 6 atom stereocenters. The van der Waals surface area contributed by atoms with E-state index in [1.807, 2.05) is 42.7 Å². The first kappa shape index (κ1) is 52.4. The van der Waals surface area contributed by atoms with Gasteiger partial charge in [0.05, 0.1) is 44.7 Å². The van der Waals surface area contributed by atoms with Gasteiger partial charge in [-0.2, -0.15) is 0 Å². The number of benzene rings is 2. The zero-order chi connectivity index (χ0) is 46.3. The maximum Gasteiger partial charge on any atom is 0.410 e. The number of amides is 1. The summed E-state index contributed by atoms with van der Waals surface area (Å²) < 4.78 is 32.9. The number of carbonyl (C=O) groups excluding carboxylic acids is 1. The second-order valence-corrected chi connectivity index (χ2v) is 18.4. The summed E-state index contributed by atoms with van der Waals surface area (Å²) in [4.78, 5) is 23.1. The number of rotatable bonds is 32. The largest absolute Gasteiger partial charge is 0.459 e. The molecule has 362 valence electrons. The topological polar surface area (TPSA) is 149 Å². The quantitative estimate of drug-likeness (QED) is 0.0279. The van der Waals surface area contributed by atoms with Crippen molar-refractivity contribution in [3.05, 3.63) is 72.3 Å². The second-order valence-electron chi connectivity index (χ2n) is 17.6. The monoisotopic (exact) mass is 923 g/mol. The van der Waals surface area contributed by atoms with E-state index in [1.165, 1.54) is 44.9 Å². The molecule has 6 unspecified atom stereocenters. The molecule has 3 aliphatic rings. The number of aliphatic hydroxyl groups is 3. The third-order valence-electron chi connectivity index (χ3n) is 13.2. The number of carbonyl (C=O) groups is 1. The normalized spacial score (nSPS) is 22.6. The molecule has 1 amide bonds. The lowest BCUT2D eigenvalue weighted by Gasteiger charge is -2.59. The fourth-order valence-corrected chi connectivity index (χ4v) is 10.5. The summed E-state index contributed by atoms with van der Waals surface area (Å²) in [6, 6.07) is 13.2. The summed E-state index contributed by atoms with van der Waals surface area (Å²) >= 11 is 1.67.